The van der Waals surface area contributed by atoms with Crippen LogP contribution in [0.15, 0.2) is 12.1 Å². The Kier molecular flexibility index (Phi) is 5.67. The maximum absolute atomic E-state index is 11.2. The predicted molar refractivity (Wildman–Crippen MR) is 88.2 cm³/mol. The van der Waals surface area contributed by atoms with Crippen LogP contribution in [0.3, 0.4) is 0 Å². The quantitative estimate of drug-likeness (QED) is 0.592. The Morgan fingerprint density at radius 1 is 1.48 bits per heavy atom. The molecule has 0 radical (unpaired) electrons. The molecule has 0 aliphatic heterocycles. The zero-order valence-corrected chi connectivity index (χ0v) is 13.3. The summed E-state index contributed by atoms with van der Waals surface area (Å²) in [7, 11) is 0. The fourth-order valence-corrected chi connectivity index (χ4v) is 3.54. The number of nitrogens with one attached hydrogen (secondary N) is 2. The molecule has 7 heteroatoms. The first-order valence-electron chi connectivity index (χ1n) is 7.34. The Hall–Kier alpha value is -1.50. The molecule has 0 amide bonds. The maximum Gasteiger partial charge on any atom is 0.311 e. The lowest BCUT2D eigenvalue weighted by atomic mass is 10.2. The lowest BCUT2D eigenvalue weighted by Crippen LogP contribution is -2.26. The van der Waals surface area contributed by atoms with E-state index in [-0.39, 0.29) is 16.7 Å². The van der Waals surface area contributed by atoms with Crippen LogP contribution in [0.1, 0.15) is 32.6 Å². The van der Waals surface area contributed by atoms with Crippen molar-refractivity contribution < 1.29 is 4.92 Å². The number of pyridine rings is 1. The summed E-state index contributed by atoms with van der Waals surface area (Å²) < 4.78 is 0. The van der Waals surface area contributed by atoms with E-state index in [0.717, 1.165) is 32.2 Å². The molecule has 116 valence electrons. The molecule has 0 spiro atoms. The van der Waals surface area contributed by atoms with Gasteiger partial charge < -0.3 is 10.6 Å². The number of hydrogen-bond acceptors (Lipinski definition) is 6. The van der Waals surface area contributed by atoms with Crippen LogP contribution in [0.2, 0.25) is 0 Å². The van der Waals surface area contributed by atoms with Gasteiger partial charge in [-0.25, -0.2) is 4.98 Å². The van der Waals surface area contributed by atoms with E-state index in [1.165, 1.54) is 6.07 Å². The first kappa shape index (κ1) is 15.9. The van der Waals surface area contributed by atoms with Crippen molar-refractivity contribution in [1.82, 2.24) is 4.98 Å². The van der Waals surface area contributed by atoms with Gasteiger partial charge in [-0.3, -0.25) is 10.1 Å². The molecule has 1 aromatic heterocycles. The summed E-state index contributed by atoms with van der Waals surface area (Å²) in [4.78, 5) is 15.2. The summed E-state index contributed by atoms with van der Waals surface area (Å²) in [6.45, 7) is 2.88. The van der Waals surface area contributed by atoms with Crippen molar-refractivity contribution in [2.45, 2.75) is 43.9 Å². The Morgan fingerprint density at radius 3 is 2.95 bits per heavy atom. The number of anilines is 2. The summed E-state index contributed by atoms with van der Waals surface area (Å²) >= 11 is 1.82. The summed E-state index contributed by atoms with van der Waals surface area (Å²) in [5, 5.41) is 18.1. The fourth-order valence-electron chi connectivity index (χ4n) is 2.61. The van der Waals surface area contributed by atoms with Gasteiger partial charge in [-0.05, 0) is 31.6 Å². The highest BCUT2D eigenvalue weighted by Gasteiger charge is 2.29. The monoisotopic (exact) mass is 310 g/mol. The molecule has 2 N–H and O–H groups in total. The number of hydrogen-bond donors (Lipinski definition) is 2. The maximum atomic E-state index is 11.2. The Morgan fingerprint density at radius 2 is 2.29 bits per heavy atom. The minimum absolute atomic E-state index is 0.0452. The third-order valence-electron chi connectivity index (χ3n) is 3.70. The van der Waals surface area contributed by atoms with E-state index in [9.17, 15) is 10.1 Å². The Bertz CT molecular complexity index is 498. The van der Waals surface area contributed by atoms with E-state index in [1.54, 1.807) is 6.07 Å². The molecule has 1 heterocycles. The largest absolute Gasteiger partial charge is 0.370 e. The van der Waals surface area contributed by atoms with Gasteiger partial charge in [0.05, 0.1) is 4.92 Å². The zero-order chi connectivity index (χ0) is 15.2. The molecule has 2 unspecified atom stereocenters. The van der Waals surface area contributed by atoms with Crippen LogP contribution < -0.4 is 10.6 Å². The van der Waals surface area contributed by atoms with Crippen molar-refractivity contribution in [2.75, 3.05) is 23.4 Å². The van der Waals surface area contributed by atoms with E-state index in [2.05, 4.69) is 28.8 Å². The summed E-state index contributed by atoms with van der Waals surface area (Å²) in [6, 6.07) is 3.45. The number of rotatable bonds is 7. The van der Waals surface area contributed by atoms with Crippen molar-refractivity contribution >= 4 is 29.1 Å². The van der Waals surface area contributed by atoms with Crippen molar-refractivity contribution in [3.63, 3.8) is 0 Å². The number of nitro groups is 1. The topological polar surface area (TPSA) is 80.1 Å². The summed E-state index contributed by atoms with van der Waals surface area (Å²) in [5.41, 5.74) is 0.0452. The van der Waals surface area contributed by atoms with Gasteiger partial charge in [0, 0.05) is 23.9 Å². The molecule has 2 rings (SSSR count). The first-order chi connectivity index (χ1) is 10.2. The van der Waals surface area contributed by atoms with Crippen LogP contribution >= 0.6 is 11.8 Å². The van der Waals surface area contributed by atoms with Crippen molar-refractivity contribution in [2.24, 2.45) is 0 Å². The molecule has 2 atom stereocenters. The van der Waals surface area contributed by atoms with Crippen LogP contribution in [0.4, 0.5) is 17.3 Å². The standard InChI is InChI=1S/C14H22N4O2S/c1-3-9-15-13-8-7-11(18(19)20)14(17-13)16-10-5-4-6-12(10)21-2/h7-8,10,12H,3-6,9H2,1-2H3,(H2,15,16,17). The molecule has 1 saturated carbocycles. The second kappa shape index (κ2) is 7.49. The average Bonchev–Trinajstić information content (AvgIpc) is 2.92. The highest BCUT2D eigenvalue weighted by atomic mass is 32.2. The predicted octanol–water partition coefficient (Wildman–Crippen LogP) is 3.51. The van der Waals surface area contributed by atoms with E-state index in [4.69, 9.17) is 0 Å². The average molecular weight is 310 g/mol. The van der Waals surface area contributed by atoms with Gasteiger partial charge in [-0.2, -0.15) is 11.8 Å². The van der Waals surface area contributed by atoms with E-state index < -0.39 is 0 Å². The molecule has 21 heavy (non-hydrogen) atoms. The Labute approximate surface area is 129 Å². The van der Waals surface area contributed by atoms with Crippen LogP contribution in [0.25, 0.3) is 0 Å². The van der Waals surface area contributed by atoms with Crippen molar-refractivity contribution in [3.8, 4) is 0 Å². The van der Waals surface area contributed by atoms with Crippen LogP contribution in [0, 0.1) is 10.1 Å². The van der Waals surface area contributed by atoms with Gasteiger partial charge in [0.25, 0.3) is 0 Å². The normalized spacial score (nSPS) is 21.2. The number of aromatic nitrogens is 1. The smallest absolute Gasteiger partial charge is 0.311 e. The second-order valence-corrected chi connectivity index (χ2v) is 6.28. The van der Waals surface area contributed by atoms with Crippen molar-refractivity contribution in [1.29, 1.82) is 0 Å². The van der Waals surface area contributed by atoms with E-state index in [0.29, 0.717) is 16.9 Å². The third-order valence-corrected chi connectivity index (χ3v) is 4.87. The SMILES string of the molecule is CCCNc1ccc([N+](=O)[O-])c(NC2CCCC2SC)n1. The van der Waals surface area contributed by atoms with Crippen molar-refractivity contribution in [3.05, 3.63) is 22.2 Å². The van der Waals surface area contributed by atoms with Gasteiger partial charge >= 0.3 is 5.69 Å². The summed E-state index contributed by atoms with van der Waals surface area (Å²) in [6.07, 6.45) is 6.42. The molecule has 0 bridgehead atoms. The molecule has 1 aromatic rings. The minimum Gasteiger partial charge on any atom is -0.370 e. The lowest BCUT2D eigenvalue weighted by Gasteiger charge is -2.20. The highest BCUT2D eigenvalue weighted by Crippen LogP contribution is 2.33. The fraction of sp³-hybridized carbons (Fsp3) is 0.643. The molecular weight excluding hydrogens is 288 g/mol. The molecule has 0 aromatic carbocycles. The van der Waals surface area contributed by atoms with Crippen LogP contribution in [-0.2, 0) is 0 Å². The van der Waals surface area contributed by atoms with Gasteiger partial charge in [0.15, 0.2) is 0 Å². The third kappa shape index (κ3) is 4.00. The van der Waals surface area contributed by atoms with Gasteiger partial charge in [0.1, 0.15) is 5.82 Å². The molecule has 0 saturated heterocycles. The lowest BCUT2D eigenvalue weighted by molar-refractivity contribution is -0.384. The zero-order valence-electron chi connectivity index (χ0n) is 12.5. The Balaban J connectivity index is 2.19. The van der Waals surface area contributed by atoms with Gasteiger partial charge in [0.2, 0.25) is 5.82 Å². The first-order valence-corrected chi connectivity index (χ1v) is 8.63. The molecular formula is C14H22N4O2S. The molecule has 1 fully saturated rings. The minimum atomic E-state index is -0.373. The van der Waals surface area contributed by atoms with Gasteiger partial charge in [-0.15, -0.1) is 0 Å². The van der Waals surface area contributed by atoms with E-state index >= 15 is 0 Å². The van der Waals surface area contributed by atoms with Gasteiger partial charge in [-0.1, -0.05) is 13.3 Å². The van der Waals surface area contributed by atoms with Crippen LogP contribution in [-0.4, -0.2) is 34.0 Å². The highest BCUT2D eigenvalue weighted by molar-refractivity contribution is 7.99. The number of thioether (sulfide) groups is 1. The molecule has 1 aliphatic rings. The number of nitrogens with zero attached hydrogens (tertiary/aromatic N) is 2. The second-order valence-electron chi connectivity index (χ2n) is 5.20. The van der Waals surface area contributed by atoms with E-state index in [1.807, 2.05) is 11.8 Å². The summed E-state index contributed by atoms with van der Waals surface area (Å²) in [5.74, 6) is 1.07. The molecule has 6 nitrogen and oxygen atoms in total. The van der Waals surface area contributed by atoms with Crippen LogP contribution in [0.5, 0.6) is 0 Å². The molecule has 1 aliphatic carbocycles.